The normalized spacial score (nSPS) is 10.8. The van der Waals surface area contributed by atoms with Crippen molar-refractivity contribution in [1.82, 2.24) is 9.38 Å². The third-order valence-corrected chi connectivity index (χ3v) is 3.38. The molecule has 0 saturated heterocycles. The Hall–Kier alpha value is -2.93. The number of imidazole rings is 1. The van der Waals surface area contributed by atoms with E-state index in [9.17, 15) is 10.1 Å². The predicted molar refractivity (Wildman–Crippen MR) is 79.8 cm³/mol. The minimum atomic E-state index is -0.484. The minimum absolute atomic E-state index is 0.0628. The van der Waals surface area contributed by atoms with Gasteiger partial charge in [-0.25, -0.2) is 4.98 Å². The number of rotatable bonds is 4. The average molecular weight is 299 g/mol. The van der Waals surface area contributed by atoms with Crippen LogP contribution in [0.15, 0.2) is 42.7 Å². The summed E-state index contributed by atoms with van der Waals surface area (Å²) in [5.74, 6) is 0.208. The molecule has 0 aliphatic heterocycles. The van der Waals surface area contributed by atoms with Crippen LogP contribution in [-0.2, 0) is 6.61 Å². The van der Waals surface area contributed by atoms with Crippen molar-refractivity contribution in [3.05, 3.63) is 58.4 Å². The highest BCUT2D eigenvalue weighted by atomic mass is 16.6. The SMILES string of the molecule is COc1ccc(-c2cn3ccc(CO)cc3n2)cc1[N+](=O)[O-]. The van der Waals surface area contributed by atoms with E-state index in [4.69, 9.17) is 9.84 Å². The summed E-state index contributed by atoms with van der Waals surface area (Å²) in [6.07, 6.45) is 3.57. The summed E-state index contributed by atoms with van der Waals surface area (Å²) in [7, 11) is 1.39. The van der Waals surface area contributed by atoms with Gasteiger partial charge < -0.3 is 14.2 Å². The second-order valence-corrected chi connectivity index (χ2v) is 4.73. The number of pyridine rings is 1. The largest absolute Gasteiger partial charge is 0.490 e. The van der Waals surface area contributed by atoms with Crippen LogP contribution >= 0.6 is 0 Å². The number of nitro groups is 1. The van der Waals surface area contributed by atoms with Gasteiger partial charge in [0.1, 0.15) is 5.65 Å². The van der Waals surface area contributed by atoms with E-state index in [0.29, 0.717) is 16.9 Å². The first-order valence-corrected chi connectivity index (χ1v) is 6.53. The third kappa shape index (κ3) is 2.38. The molecule has 7 heteroatoms. The second-order valence-electron chi connectivity index (χ2n) is 4.73. The van der Waals surface area contributed by atoms with E-state index in [1.54, 1.807) is 41.1 Å². The molecule has 2 heterocycles. The van der Waals surface area contributed by atoms with E-state index in [0.717, 1.165) is 5.56 Å². The molecule has 112 valence electrons. The summed E-state index contributed by atoms with van der Waals surface area (Å²) in [5.41, 5.74) is 2.56. The molecule has 0 bridgehead atoms. The van der Waals surface area contributed by atoms with Crippen LogP contribution in [-0.4, -0.2) is 26.5 Å². The Bertz CT molecular complexity index is 857. The molecule has 0 unspecified atom stereocenters. The Balaban J connectivity index is 2.10. The Kier molecular flexibility index (Phi) is 3.48. The lowest BCUT2D eigenvalue weighted by molar-refractivity contribution is -0.385. The smallest absolute Gasteiger partial charge is 0.311 e. The number of aliphatic hydroxyl groups excluding tert-OH is 1. The molecule has 0 spiro atoms. The number of nitro benzene ring substituents is 1. The molecule has 0 fully saturated rings. The van der Waals surface area contributed by atoms with E-state index in [1.165, 1.54) is 13.2 Å². The van der Waals surface area contributed by atoms with Crippen LogP contribution in [0, 0.1) is 10.1 Å². The van der Waals surface area contributed by atoms with Crippen molar-refractivity contribution in [2.75, 3.05) is 7.11 Å². The van der Waals surface area contributed by atoms with Crippen LogP contribution in [0.3, 0.4) is 0 Å². The zero-order chi connectivity index (χ0) is 15.7. The van der Waals surface area contributed by atoms with Crippen molar-refractivity contribution >= 4 is 11.3 Å². The van der Waals surface area contributed by atoms with Crippen LogP contribution < -0.4 is 4.74 Å². The summed E-state index contributed by atoms with van der Waals surface area (Å²) >= 11 is 0. The zero-order valence-electron chi connectivity index (χ0n) is 11.8. The molecular formula is C15H13N3O4. The quantitative estimate of drug-likeness (QED) is 0.590. The van der Waals surface area contributed by atoms with Crippen molar-refractivity contribution in [3.63, 3.8) is 0 Å². The van der Waals surface area contributed by atoms with Crippen LogP contribution in [0.5, 0.6) is 5.75 Å². The molecule has 2 aromatic heterocycles. The van der Waals surface area contributed by atoms with Crippen molar-refractivity contribution in [2.24, 2.45) is 0 Å². The first-order valence-electron chi connectivity index (χ1n) is 6.53. The number of ether oxygens (including phenoxy) is 1. The fourth-order valence-corrected chi connectivity index (χ4v) is 2.25. The van der Waals surface area contributed by atoms with E-state index in [-0.39, 0.29) is 18.0 Å². The van der Waals surface area contributed by atoms with Crippen molar-refractivity contribution in [3.8, 4) is 17.0 Å². The van der Waals surface area contributed by atoms with Crippen molar-refractivity contribution in [2.45, 2.75) is 6.61 Å². The molecule has 0 amide bonds. The molecule has 3 aromatic rings. The molecule has 1 N–H and O–H groups in total. The standard InChI is InChI=1S/C15H13N3O4/c1-22-14-3-2-11(7-13(14)18(20)21)12-8-17-5-4-10(9-19)6-15(17)16-12/h2-8,19H,9H2,1H3. The Morgan fingerprint density at radius 2 is 2.18 bits per heavy atom. The number of fused-ring (bicyclic) bond motifs is 1. The highest BCUT2D eigenvalue weighted by molar-refractivity contribution is 5.68. The fourth-order valence-electron chi connectivity index (χ4n) is 2.25. The molecule has 0 atom stereocenters. The summed E-state index contributed by atoms with van der Waals surface area (Å²) in [6, 6.07) is 8.27. The molecule has 1 aromatic carbocycles. The Morgan fingerprint density at radius 3 is 2.86 bits per heavy atom. The van der Waals surface area contributed by atoms with Crippen LogP contribution in [0.1, 0.15) is 5.56 Å². The van der Waals surface area contributed by atoms with E-state index >= 15 is 0 Å². The number of benzene rings is 1. The molecular weight excluding hydrogens is 286 g/mol. The van der Waals surface area contributed by atoms with Crippen molar-refractivity contribution in [1.29, 1.82) is 0 Å². The van der Waals surface area contributed by atoms with Gasteiger partial charge in [-0.3, -0.25) is 10.1 Å². The van der Waals surface area contributed by atoms with Gasteiger partial charge in [-0.15, -0.1) is 0 Å². The monoisotopic (exact) mass is 299 g/mol. The lowest BCUT2D eigenvalue weighted by Gasteiger charge is -2.02. The predicted octanol–water partition coefficient (Wildman–Crippen LogP) is 2.41. The van der Waals surface area contributed by atoms with Crippen molar-refractivity contribution < 1.29 is 14.8 Å². The molecule has 0 aliphatic rings. The number of aliphatic hydroxyl groups is 1. The molecule has 0 radical (unpaired) electrons. The maximum Gasteiger partial charge on any atom is 0.311 e. The van der Waals surface area contributed by atoms with Gasteiger partial charge in [0.2, 0.25) is 0 Å². The number of nitrogens with zero attached hydrogens (tertiary/aromatic N) is 3. The van der Waals surface area contributed by atoms with Gasteiger partial charge in [0, 0.05) is 24.0 Å². The summed E-state index contributed by atoms with van der Waals surface area (Å²) in [5, 5.41) is 20.2. The lowest BCUT2D eigenvalue weighted by Crippen LogP contribution is -1.94. The van der Waals surface area contributed by atoms with E-state index in [1.807, 2.05) is 0 Å². The van der Waals surface area contributed by atoms with Gasteiger partial charge in [-0.05, 0) is 29.8 Å². The Morgan fingerprint density at radius 1 is 1.36 bits per heavy atom. The lowest BCUT2D eigenvalue weighted by atomic mass is 10.1. The molecule has 0 saturated carbocycles. The maximum absolute atomic E-state index is 11.1. The minimum Gasteiger partial charge on any atom is -0.490 e. The number of aromatic nitrogens is 2. The molecule has 22 heavy (non-hydrogen) atoms. The summed E-state index contributed by atoms with van der Waals surface area (Å²) in [6.45, 7) is -0.0628. The van der Waals surface area contributed by atoms with Crippen LogP contribution in [0.25, 0.3) is 16.9 Å². The van der Waals surface area contributed by atoms with Crippen LogP contribution in [0.2, 0.25) is 0 Å². The molecule has 7 nitrogen and oxygen atoms in total. The number of hydrogen-bond acceptors (Lipinski definition) is 5. The van der Waals surface area contributed by atoms with Gasteiger partial charge in [0.05, 0.1) is 24.3 Å². The van der Waals surface area contributed by atoms with Gasteiger partial charge in [0.15, 0.2) is 5.75 Å². The number of methoxy groups -OCH3 is 1. The van der Waals surface area contributed by atoms with Gasteiger partial charge in [-0.1, -0.05) is 0 Å². The Labute approximate surface area is 125 Å². The van der Waals surface area contributed by atoms with Gasteiger partial charge >= 0.3 is 5.69 Å². The highest BCUT2D eigenvalue weighted by Crippen LogP contribution is 2.31. The number of hydrogen-bond donors (Lipinski definition) is 1. The molecule has 3 rings (SSSR count). The topological polar surface area (TPSA) is 89.9 Å². The average Bonchev–Trinajstić information content (AvgIpc) is 2.96. The van der Waals surface area contributed by atoms with Gasteiger partial charge in [-0.2, -0.15) is 0 Å². The third-order valence-electron chi connectivity index (χ3n) is 3.38. The molecule has 0 aliphatic carbocycles. The van der Waals surface area contributed by atoms with E-state index < -0.39 is 4.92 Å². The maximum atomic E-state index is 11.1. The van der Waals surface area contributed by atoms with Gasteiger partial charge in [0.25, 0.3) is 0 Å². The first kappa shape index (κ1) is 14.0. The van der Waals surface area contributed by atoms with Crippen LogP contribution in [0.4, 0.5) is 5.69 Å². The summed E-state index contributed by atoms with van der Waals surface area (Å²) < 4.78 is 6.79. The first-order chi connectivity index (χ1) is 10.6. The van der Waals surface area contributed by atoms with E-state index in [2.05, 4.69) is 4.98 Å². The highest BCUT2D eigenvalue weighted by Gasteiger charge is 2.17. The second kappa shape index (κ2) is 5.45. The zero-order valence-corrected chi connectivity index (χ0v) is 11.8. The summed E-state index contributed by atoms with van der Waals surface area (Å²) in [4.78, 5) is 15.0. The fraction of sp³-hybridized carbons (Fsp3) is 0.133.